The molecular formula is C14H18N2O. The molecule has 0 bridgehead atoms. The molecule has 3 rings (SSSR count). The van der Waals surface area contributed by atoms with E-state index in [0.29, 0.717) is 12.3 Å². The zero-order chi connectivity index (χ0) is 11.7. The maximum Gasteiger partial charge on any atom is 0.221 e. The molecule has 0 unspecified atom stereocenters. The number of benzene rings is 1. The summed E-state index contributed by atoms with van der Waals surface area (Å²) in [6.45, 7) is 2.01. The van der Waals surface area contributed by atoms with E-state index in [-0.39, 0.29) is 11.4 Å². The van der Waals surface area contributed by atoms with E-state index < -0.39 is 0 Å². The Hall–Kier alpha value is -1.35. The molecule has 2 aliphatic heterocycles. The van der Waals surface area contributed by atoms with Gasteiger partial charge >= 0.3 is 0 Å². The van der Waals surface area contributed by atoms with Gasteiger partial charge in [0, 0.05) is 17.9 Å². The highest BCUT2D eigenvalue weighted by atomic mass is 16.2. The fraction of sp³-hybridized carbons (Fsp3) is 0.500. The molecule has 2 saturated heterocycles. The summed E-state index contributed by atoms with van der Waals surface area (Å²) in [4.78, 5) is 11.8. The van der Waals surface area contributed by atoms with Crippen LogP contribution in [0.4, 0.5) is 0 Å². The van der Waals surface area contributed by atoms with Crippen LogP contribution in [-0.2, 0) is 4.79 Å². The Bertz CT molecular complexity index is 409. The third kappa shape index (κ3) is 1.84. The van der Waals surface area contributed by atoms with Gasteiger partial charge in [-0.15, -0.1) is 0 Å². The van der Waals surface area contributed by atoms with E-state index in [9.17, 15) is 4.79 Å². The van der Waals surface area contributed by atoms with Crippen molar-refractivity contribution in [2.45, 2.75) is 30.7 Å². The summed E-state index contributed by atoms with van der Waals surface area (Å²) in [5.74, 6) is 0.555. The van der Waals surface area contributed by atoms with Gasteiger partial charge in [0.25, 0.3) is 0 Å². The van der Waals surface area contributed by atoms with E-state index in [1.165, 1.54) is 5.56 Å². The summed E-state index contributed by atoms with van der Waals surface area (Å²) < 4.78 is 0. The van der Waals surface area contributed by atoms with Crippen molar-refractivity contribution in [2.75, 3.05) is 13.1 Å². The van der Waals surface area contributed by atoms with Crippen LogP contribution >= 0.6 is 0 Å². The van der Waals surface area contributed by atoms with Crippen molar-refractivity contribution in [1.82, 2.24) is 10.6 Å². The topological polar surface area (TPSA) is 41.1 Å². The molecule has 1 aromatic carbocycles. The minimum Gasteiger partial charge on any atom is -0.350 e. The highest BCUT2D eigenvalue weighted by molar-refractivity contribution is 5.81. The first-order valence-electron chi connectivity index (χ1n) is 6.37. The van der Waals surface area contributed by atoms with Crippen molar-refractivity contribution in [3.63, 3.8) is 0 Å². The number of rotatable bonds is 1. The molecule has 0 aliphatic carbocycles. The first-order chi connectivity index (χ1) is 8.30. The fourth-order valence-electron chi connectivity index (χ4n) is 3.27. The summed E-state index contributed by atoms with van der Waals surface area (Å²) in [5, 5.41) is 6.61. The molecule has 1 atom stereocenters. The monoisotopic (exact) mass is 230 g/mol. The summed E-state index contributed by atoms with van der Waals surface area (Å²) in [5.41, 5.74) is 1.30. The van der Waals surface area contributed by atoms with Crippen molar-refractivity contribution in [3.8, 4) is 0 Å². The molecule has 1 amide bonds. The van der Waals surface area contributed by atoms with E-state index in [2.05, 4.69) is 34.9 Å². The fourth-order valence-corrected chi connectivity index (χ4v) is 3.27. The van der Waals surface area contributed by atoms with E-state index in [0.717, 1.165) is 25.9 Å². The first kappa shape index (κ1) is 10.8. The molecule has 90 valence electrons. The number of carbonyl (C=O) groups is 1. The van der Waals surface area contributed by atoms with E-state index in [1.54, 1.807) is 0 Å². The average Bonchev–Trinajstić information content (AvgIpc) is 2.68. The average molecular weight is 230 g/mol. The number of hydrogen-bond acceptors (Lipinski definition) is 2. The second-order valence-electron chi connectivity index (χ2n) is 5.12. The Balaban J connectivity index is 1.94. The zero-order valence-corrected chi connectivity index (χ0v) is 9.91. The number of hydrogen-bond donors (Lipinski definition) is 2. The summed E-state index contributed by atoms with van der Waals surface area (Å²) in [6.07, 6.45) is 2.72. The molecule has 2 fully saturated rings. The van der Waals surface area contributed by atoms with Crippen LogP contribution in [-0.4, -0.2) is 24.5 Å². The summed E-state index contributed by atoms with van der Waals surface area (Å²) in [6, 6.07) is 10.5. The normalized spacial score (nSPS) is 27.1. The Morgan fingerprint density at radius 1 is 1.12 bits per heavy atom. The van der Waals surface area contributed by atoms with Crippen LogP contribution in [0.2, 0.25) is 0 Å². The quantitative estimate of drug-likeness (QED) is 0.766. The highest BCUT2D eigenvalue weighted by Crippen LogP contribution is 2.41. The van der Waals surface area contributed by atoms with Gasteiger partial charge in [0.15, 0.2) is 0 Å². The molecule has 3 nitrogen and oxygen atoms in total. The minimum absolute atomic E-state index is 0.00366. The first-order valence-corrected chi connectivity index (χ1v) is 6.37. The third-order valence-corrected chi connectivity index (χ3v) is 4.14. The van der Waals surface area contributed by atoms with Crippen molar-refractivity contribution in [2.24, 2.45) is 0 Å². The lowest BCUT2D eigenvalue weighted by atomic mass is 9.75. The van der Waals surface area contributed by atoms with Crippen molar-refractivity contribution in [1.29, 1.82) is 0 Å². The predicted molar refractivity (Wildman–Crippen MR) is 66.8 cm³/mol. The third-order valence-electron chi connectivity index (χ3n) is 4.14. The van der Waals surface area contributed by atoms with Crippen LogP contribution in [0.25, 0.3) is 0 Å². The Kier molecular flexibility index (Phi) is 2.63. The lowest BCUT2D eigenvalue weighted by Crippen LogP contribution is -2.52. The molecule has 0 aromatic heterocycles. The molecule has 1 aromatic rings. The number of amides is 1. The van der Waals surface area contributed by atoms with E-state index in [4.69, 9.17) is 0 Å². The number of carbonyl (C=O) groups excluding carboxylic acids is 1. The number of nitrogens with one attached hydrogen (secondary N) is 2. The van der Waals surface area contributed by atoms with Gasteiger partial charge in [-0.1, -0.05) is 30.3 Å². The predicted octanol–water partition coefficient (Wildman–Crippen LogP) is 1.41. The van der Waals surface area contributed by atoms with Crippen molar-refractivity contribution < 1.29 is 4.79 Å². The Morgan fingerprint density at radius 3 is 2.53 bits per heavy atom. The van der Waals surface area contributed by atoms with Crippen molar-refractivity contribution >= 4 is 5.91 Å². The molecule has 2 N–H and O–H groups in total. The largest absolute Gasteiger partial charge is 0.350 e. The van der Waals surface area contributed by atoms with Crippen LogP contribution in [0.15, 0.2) is 30.3 Å². The molecular weight excluding hydrogens is 212 g/mol. The number of piperidine rings is 1. The van der Waals surface area contributed by atoms with Crippen LogP contribution in [0.1, 0.15) is 30.7 Å². The maximum atomic E-state index is 11.8. The van der Waals surface area contributed by atoms with Gasteiger partial charge in [-0.3, -0.25) is 4.79 Å². The smallest absolute Gasteiger partial charge is 0.221 e. The zero-order valence-electron chi connectivity index (χ0n) is 9.91. The van der Waals surface area contributed by atoms with Gasteiger partial charge < -0.3 is 10.6 Å². The molecule has 3 heteroatoms. The molecule has 2 heterocycles. The standard InChI is InChI=1S/C14H18N2O/c17-13-10-12(11-4-2-1-3-5-11)14(16-13)6-8-15-9-7-14/h1-5,12,15H,6-10H2,(H,16,17)/t12-/m1/s1. The lowest BCUT2D eigenvalue weighted by molar-refractivity contribution is -0.119. The van der Waals surface area contributed by atoms with Crippen LogP contribution in [0.5, 0.6) is 0 Å². The molecule has 1 spiro atoms. The van der Waals surface area contributed by atoms with E-state index in [1.807, 2.05) is 6.07 Å². The van der Waals surface area contributed by atoms with Crippen molar-refractivity contribution in [3.05, 3.63) is 35.9 Å². The Labute approximate surface area is 102 Å². The van der Waals surface area contributed by atoms with Crippen LogP contribution in [0.3, 0.4) is 0 Å². The molecule has 0 saturated carbocycles. The van der Waals surface area contributed by atoms with Gasteiger partial charge in [-0.25, -0.2) is 0 Å². The minimum atomic E-state index is 0.00366. The van der Waals surface area contributed by atoms with E-state index >= 15 is 0 Å². The van der Waals surface area contributed by atoms with Gasteiger partial charge in [0.2, 0.25) is 5.91 Å². The van der Waals surface area contributed by atoms with Crippen LogP contribution in [0, 0.1) is 0 Å². The summed E-state index contributed by atoms with van der Waals surface area (Å²) >= 11 is 0. The van der Waals surface area contributed by atoms with Gasteiger partial charge in [-0.05, 0) is 31.5 Å². The second-order valence-corrected chi connectivity index (χ2v) is 5.12. The maximum absolute atomic E-state index is 11.8. The Morgan fingerprint density at radius 2 is 1.82 bits per heavy atom. The second kappa shape index (κ2) is 4.15. The molecule has 17 heavy (non-hydrogen) atoms. The summed E-state index contributed by atoms with van der Waals surface area (Å²) in [7, 11) is 0. The lowest BCUT2D eigenvalue weighted by Gasteiger charge is -2.39. The highest BCUT2D eigenvalue weighted by Gasteiger charge is 2.47. The molecule has 0 radical (unpaired) electrons. The van der Waals surface area contributed by atoms with Gasteiger partial charge in [-0.2, -0.15) is 0 Å². The van der Waals surface area contributed by atoms with Gasteiger partial charge in [0.1, 0.15) is 0 Å². The molecule has 2 aliphatic rings. The van der Waals surface area contributed by atoms with Crippen LogP contribution < -0.4 is 10.6 Å². The van der Waals surface area contributed by atoms with Gasteiger partial charge in [0.05, 0.1) is 0 Å². The SMILES string of the molecule is O=C1C[C@H](c2ccccc2)C2(CCNCC2)N1.